The fourth-order valence-corrected chi connectivity index (χ4v) is 3.08. The maximum Gasteiger partial charge on any atom is 0.168 e. The summed E-state index contributed by atoms with van der Waals surface area (Å²) in [7, 11) is 0. The van der Waals surface area contributed by atoms with E-state index < -0.39 is 0 Å². The highest BCUT2D eigenvalue weighted by Gasteiger charge is 2.12. The SMILES string of the molecule is O=C(Cc1ccc(Br)cc1F)c1csc(I)c1. The molecular formula is C12H7BrFIOS. The standard InChI is InChI=1S/C12H7BrFIOS/c13-9-2-1-7(10(14)5-9)3-11(16)8-4-12(15)17-6-8/h1-2,4-6H,3H2. The molecule has 0 N–H and O–H groups in total. The molecule has 2 rings (SSSR count). The fraction of sp³-hybridized carbons (Fsp3) is 0.0833. The Morgan fingerprint density at radius 3 is 2.76 bits per heavy atom. The molecule has 2 aromatic rings. The van der Waals surface area contributed by atoms with Crippen LogP contribution in [0, 0.1) is 8.70 Å². The van der Waals surface area contributed by atoms with E-state index >= 15 is 0 Å². The normalized spacial score (nSPS) is 10.5. The molecule has 17 heavy (non-hydrogen) atoms. The minimum atomic E-state index is -0.349. The van der Waals surface area contributed by atoms with E-state index in [2.05, 4.69) is 38.5 Å². The molecule has 1 heterocycles. The number of carbonyl (C=O) groups is 1. The Bertz CT molecular complexity index is 567. The van der Waals surface area contributed by atoms with E-state index in [1.807, 2.05) is 6.07 Å². The van der Waals surface area contributed by atoms with Crippen LogP contribution in [0.4, 0.5) is 4.39 Å². The number of halogens is 3. The maximum absolute atomic E-state index is 13.6. The molecule has 1 nitrogen and oxygen atoms in total. The average Bonchev–Trinajstić information content (AvgIpc) is 2.69. The van der Waals surface area contributed by atoms with Gasteiger partial charge < -0.3 is 0 Å². The van der Waals surface area contributed by atoms with Crippen molar-refractivity contribution < 1.29 is 9.18 Å². The van der Waals surface area contributed by atoms with Gasteiger partial charge >= 0.3 is 0 Å². The third kappa shape index (κ3) is 3.35. The van der Waals surface area contributed by atoms with E-state index in [0.717, 1.165) is 2.88 Å². The van der Waals surface area contributed by atoms with Crippen molar-refractivity contribution >= 4 is 55.6 Å². The van der Waals surface area contributed by atoms with Gasteiger partial charge in [-0.1, -0.05) is 22.0 Å². The zero-order valence-electron chi connectivity index (χ0n) is 8.54. The van der Waals surface area contributed by atoms with Crippen molar-refractivity contribution in [1.29, 1.82) is 0 Å². The molecule has 0 radical (unpaired) electrons. The van der Waals surface area contributed by atoms with Gasteiger partial charge in [0, 0.05) is 21.8 Å². The number of thiophene rings is 1. The summed E-state index contributed by atoms with van der Waals surface area (Å²) in [5, 5.41) is 1.81. The number of rotatable bonds is 3. The highest BCUT2D eigenvalue weighted by atomic mass is 127. The van der Waals surface area contributed by atoms with Crippen LogP contribution in [-0.2, 0) is 6.42 Å². The van der Waals surface area contributed by atoms with E-state index in [0.29, 0.717) is 15.6 Å². The lowest BCUT2D eigenvalue weighted by Gasteiger charge is -2.02. The molecule has 1 aromatic carbocycles. The molecule has 1 aromatic heterocycles. The van der Waals surface area contributed by atoms with Crippen LogP contribution >= 0.6 is 49.9 Å². The molecule has 0 unspecified atom stereocenters. The smallest absolute Gasteiger partial charge is 0.168 e. The predicted octanol–water partition coefficient (Wildman–Crippen LogP) is 4.68. The number of ketones is 1. The third-order valence-corrected chi connectivity index (χ3v) is 4.54. The van der Waals surface area contributed by atoms with E-state index in [1.165, 1.54) is 17.4 Å². The van der Waals surface area contributed by atoms with E-state index in [4.69, 9.17) is 0 Å². The lowest BCUT2D eigenvalue weighted by atomic mass is 10.1. The molecular weight excluding hydrogens is 418 g/mol. The van der Waals surface area contributed by atoms with Gasteiger partial charge in [-0.15, -0.1) is 11.3 Å². The van der Waals surface area contributed by atoms with E-state index in [1.54, 1.807) is 17.5 Å². The van der Waals surface area contributed by atoms with Crippen molar-refractivity contribution in [3.05, 3.63) is 53.9 Å². The van der Waals surface area contributed by atoms with E-state index in [9.17, 15) is 9.18 Å². The number of hydrogen-bond donors (Lipinski definition) is 0. The first-order valence-corrected chi connectivity index (χ1v) is 7.52. The highest BCUT2D eigenvalue weighted by Crippen LogP contribution is 2.20. The van der Waals surface area contributed by atoms with Crippen molar-refractivity contribution in [3.63, 3.8) is 0 Å². The average molecular weight is 425 g/mol. The Kier molecular flexibility index (Phi) is 4.32. The van der Waals surface area contributed by atoms with Gasteiger partial charge in [0.25, 0.3) is 0 Å². The summed E-state index contributed by atoms with van der Waals surface area (Å²) < 4.78 is 15.3. The fourth-order valence-electron chi connectivity index (χ4n) is 1.40. The molecule has 0 saturated carbocycles. The van der Waals surface area contributed by atoms with Gasteiger partial charge in [-0.2, -0.15) is 0 Å². The Balaban J connectivity index is 2.18. The molecule has 5 heteroatoms. The Labute approximate surface area is 124 Å². The molecule has 0 aliphatic heterocycles. The minimum absolute atomic E-state index is 0.0506. The Morgan fingerprint density at radius 1 is 1.41 bits per heavy atom. The van der Waals surface area contributed by atoms with Crippen LogP contribution in [0.2, 0.25) is 0 Å². The van der Waals surface area contributed by atoms with Crippen molar-refractivity contribution in [1.82, 2.24) is 0 Å². The lowest BCUT2D eigenvalue weighted by molar-refractivity contribution is 0.0992. The van der Waals surface area contributed by atoms with Gasteiger partial charge in [0.05, 0.1) is 2.88 Å². The number of carbonyl (C=O) groups excluding carboxylic acids is 1. The first kappa shape index (κ1) is 13.2. The zero-order chi connectivity index (χ0) is 12.4. The highest BCUT2D eigenvalue weighted by molar-refractivity contribution is 14.1. The number of benzene rings is 1. The van der Waals surface area contributed by atoms with Gasteiger partial charge in [-0.05, 0) is 46.4 Å². The predicted molar refractivity (Wildman–Crippen MR) is 79.2 cm³/mol. The number of hydrogen-bond acceptors (Lipinski definition) is 2. The lowest BCUT2D eigenvalue weighted by Crippen LogP contribution is -2.03. The van der Waals surface area contributed by atoms with Crippen molar-refractivity contribution in [2.24, 2.45) is 0 Å². The van der Waals surface area contributed by atoms with Crippen LogP contribution in [0.15, 0.2) is 34.1 Å². The van der Waals surface area contributed by atoms with Crippen LogP contribution in [0.1, 0.15) is 15.9 Å². The van der Waals surface area contributed by atoms with Crippen LogP contribution in [0.5, 0.6) is 0 Å². The van der Waals surface area contributed by atoms with Crippen molar-refractivity contribution in [3.8, 4) is 0 Å². The molecule has 0 spiro atoms. The third-order valence-electron chi connectivity index (χ3n) is 2.26. The van der Waals surface area contributed by atoms with Gasteiger partial charge in [0.2, 0.25) is 0 Å². The molecule has 0 atom stereocenters. The minimum Gasteiger partial charge on any atom is -0.294 e. The van der Waals surface area contributed by atoms with Gasteiger partial charge in [-0.3, -0.25) is 4.79 Å². The monoisotopic (exact) mass is 424 g/mol. The zero-order valence-corrected chi connectivity index (χ0v) is 13.1. The van der Waals surface area contributed by atoms with Crippen LogP contribution in [0.3, 0.4) is 0 Å². The second-order valence-corrected chi connectivity index (χ2v) is 7.20. The first-order chi connectivity index (χ1) is 8.06. The molecule has 0 bridgehead atoms. The second-order valence-electron chi connectivity index (χ2n) is 3.48. The molecule has 0 fully saturated rings. The Hall–Kier alpha value is -0.270. The Morgan fingerprint density at radius 2 is 2.18 bits per heavy atom. The van der Waals surface area contributed by atoms with Gasteiger partial charge in [0.15, 0.2) is 5.78 Å². The largest absolute Gasteiger partial charge is 0.294 e. The second kappa shape index (κ2) is 5.58. The van der Waals surface area contributed by atoms with Gasteiger partial charge in [0.1, 0.15) is 5.82 Å². The quantitative estimate of drug-likeness (QED) is 0.516. The summed E-state index contributed by atoms with van der Waals surface area (Å²) >= 11 is 6.86. The molecule has 0 aliphatic rings. The first-order valence-electron chi connectivity index (χ1n) is 4.77. The summed E-state index contributed by atoms with van der Waals surface area (Å²) in [6.45, 7) is 0. The maximum atomic E-state index is 13.6. The number of Topliss-reactive ketones (excluding diaryl/α,β-unsaturated/α-hetero) is 1. The van der Waals surface area contributed by atoms with Crippen molar-refractivity contribution in [2.45, 2.75) is 6.42 Å². The van der Waals surface area contributed by atoms with Crippen LogP contribution in [0.25, 0.3) is 0 Å². The van der Waals surface area contributed by atoms with Crippen LogP contribution in [-0.4, -0.2) is 5.78 Å². The molecule has 88 valence electrons. The molecule has 0 saturated heterocycles. The topological polar surface area (TPSA) is 17.1 Å². The summed E-state index contributed by atoms with van der Waals surface area (Å²) in [5.74, 6) is -0.400. The summed E-state index contributed by atoms with van der Waals surface area (Å²) in [6, 6.07) is 6.57. The van der Waals surface area contributed by atoms with Crippen molar-refractivity contribution in [2.75, 3.05) is 0 Å². The summed E-state index contributed by atoms with van der Waals surface area (Å²) in [5.41, 5.74) is 1.08. The molecule has 0 amide bonds. The summed E-state index contributed by atoms with van der Waals surface area (Å²) in [4.78, 5) is 11.9. The van der Waals surface area contributed by atoms with E-state index in [-0.39, 0.29) is 18.0 Å². The van der Waals surface area contributed by atoms with Crippen LogP contribution < -0.4 is 0 Å². The van der Waals surface area contributed by atoms with Gasteiger partial charge in [-0.25, -0.2) is 4.39 Å². The molecule has 0 aliphatic carbocycles. The summed E-state index contributed by atoms with van der Waals surface area (Å²) in [6.07, 6.45) is 0.103.